The Morgan fingerprint density at radius 3 is 2.22 bits per heavy atom. The van der Waals surface area contributed by atoms with Crippen LogP contribution >= 0.6 is 11.8 Å². The highest BCUT2D eigenvalue weighted by molar-refractivity contribution is 7.99. The molecule has 0 fully saturated rings. The van der Waals surface area contributed by atoms with E-state index in [0.717, 1.165) is 18.6 Å². The lowest BCUT2D eigenvalue weighted by atomic mass is 10.1. The van der Waals surface area contributed by atoms with E-state index in [4.69, 9.17) is 0 Å². The third kappa shape index (κ3) is 8.34. The zero-order valence-electron chi connectivity index (χ0n) is 20.2. The van der Waals surface area contributed by atoms with Crippen molar-refractivity contribution < 1.29 is 9.59 Å². The van der Waals surface area contributed by atoms with Crippen LogP contribution in [0.1, 0.15) is 55.9 Å². The van der Waals surface area contributed by atoms with Crippen LogP contribution in [0.2, 0.25) is 0 Å². The highest BCUT2D eigenvalue weighted by atomic mass is 32.2. The molecule has 0 aliphatic carbocycles. The van der Waals surface area contributed by atoms with Crippen LogP contribution in [0, 0.1) is 13.8 Å². The van der Waals surface area contributed by atoms with Gasteiger partial charge in [-0.05, 0) is 51.2 Å². The Morgan fingerprint density at radius 1 is 0.969 bits per heavy atom. The van der Waals surface area contributed by atoms with Gasteiger partial charge < -0.3 is 10.2 Å². The molecule has 32 heavy (non-hydrogen) atoms. The normalized spacial score (nSPS) is 12.8. The van der Waals surface area contributed by atoms with Crippen molar-refractivity contribution in [1.82, 2.24) is 10.2 Å². The molecule has 1 N–H and O–H groups in total. The van der Waals surface area contributed by atoms with Crippen LogP contribution in [-0.2, 0) is 21.8 Å². The lowest BCUT2D eigenvalue weighted by molar-refractivity contribution is -0.139. The van der Waals surface area contributed by atoms with Gasteiger partial charge in [0.2, 0.25) is 11.8 Å². The smallest absolute Gasteiger partial charge is 0.243 e. The van der Waals surface area contributed by atoms with Gasteiger partial charge in [-0.3, -0.25) is 9.59 Å². The van der Waals surface area contributed by atoms with Crippen molar-refractivity contribution in [2.24, 2.45) is 0 Å². The zero-order valence-corrected chi connectivity index (χ0v) is 21.0. The molecule has 0 heterocycles. The maximum Gasteiger partial charge on any atom is 0.243 e. The van der Waals surface area contributed by atoms with E-state index in [1.807, 2.05) is 39.0 Å². The number of hydrogen-bond acceptors (Lipinski definition) is 3. The summed E-state index contributed by atoms with van der Waals surface area (Å²) < 4.78 is 0. The Kier molecular flexibility index (Phi) is 10.8. The van der Waals surface area contributed by atoms with E-state index in [1.54, 1.807) is 16.7 Å². The fraction of sp³-hybridized carbons (Fsp3) is 0.481. The van der Waals surface area contributed by atoms with E-state index < -0.39 is 6.04 Å². The van der Waals surface area contributed by atoms with E-state index in [1.165, 1.54) is 22.3 Å². The zero-order chi connectivity index (χ0) is 23.5. The number of thioether (sulfide) groups is 1. The van der Waals surface area contributed by atoms with Gasteiger partial charge in [0.05, 0.1) is 5.75 Å². The summed E-state index contributed by atoms with van der Waals surface area (Å²) in [6, 6.07) is 16.3. The molecule has 0 radical (unpaired) electrons. The molecule has 0 saturated heterocycles. The monoisotopic (exact) mass is 454 g/mol. The molecule has 0 spiro atoms. The molecule has 0 bridgehead atoms. The van der Waals surface area contributed by atoms with Crippen molar-refractivity contribution in [2.75, 3.05) is 12.3 Å². The summed E-state index contributed by atoms with van der Waals surface area (Å²) in [4.78, 5) is 28.0. The van der Waals surface area contributed by atoms with Gasteiger partial charge in [0.15, 0.2) is 0 Å². The largest absolute Gasteiger partial charge is 0.352 e. The Morgan fingerprint density at radius 2 is 1.62 bits per heavy atom. The lowest BCUT2D eigenvalue weighted by Crippen LogP contribution is -2.52. The number of nitrogens with zero attached hydrogens (tertiary/aromatic N) is 1. The topological polar surface area (TPSA) is 49.4 Å². The summed E-state index contributed by atoms with van der Waals surface area (Å²) in [5, 5.41) is 3.07. The van der Waals surface area contributed by atoms with Gasteiger partial charge in [0.1, 0.15) is 6.04 Å². The van der Waals surface area contributed by atoms with Crippen molar-refractivity contribution in [3.63, 3.8) is 0 Å². The van der Waals surface area contributed by atoms with E-state index in [2.05, 4.69) is 49.5 Å². The number of aryl methyl sites for hydroxylation is 2. The highest BCUT2D eigenvalue weighted by Crippen LogP contribution is 2.18. The predicted molar refractivity (Wildman–Crippen MR) is 136 cm³/mol. The van der Waals surface area contributed by atoms with Gasteiger partial charge in [0, 0.05) is 18.3 Å². The first-order valence-corrected chi connectivity index (χ1v) is 12.8. The Labute approximate surface area is 198 Å². The molecular weight excluding hydrogens is 416 g/mol. The maximum atomic E-state index is 13.3. The number of rotatable bonds is 12. The average molecular weight is 455 g/mol. The van der Waals surface area contributed by atoms with Crippen LogP contribution in [0.3, 0.4) is 0 Å². The van der Waals surface area contributed by atoms with Crippen LogP contribution < -0.4 is 5.32 Å². The van der Waals surface area contributed by atoms with Crippen LogP contribution in [0.25, 0.3) is 0 Å². The number of amides is 2. The number of nitrogens with one attached hydrogen (secondary N) is 1. The van der Waals surface area contributed by atoms with E-state index in [0.29, 0.717) is 18.7 Å². The van der Waals surface area contributed by atoms with Crippen molar-refractivity contribution in [1.29, 1.82) is 0 Å². The van der Waals surface area contributed by atoms with Gasteiger partial charge >= 0.3 is 0 Å². The van der Waals surface area contributed by atoms with Gasteiger partial charge in [-0.25, -0.2) is 0 Å². The average Bonchev–Trinajstić information content (AvgIpc) is 2.76. The molecule has 2 atom stereocenters. The molecule has 2 amide bonds. The summed E-state index contributed by atoms with van der Waals surface area (Å²) in [6.07, 6.45) is 2.21. The molecule has 0 aromatic heterocycles. The second-order valence-electron chi connectivity index (χ2n) is 8.55. The van der Waals surface area contributed by atoms with Crippen molar-refractivity contribution in [2.45, 2.75) is 71.7 Å². The SMILES string of the molecule is CC[C@@H](C)NC(=O)[C@H](CC)N(CCc1ccccc1)C(=O)CSCc1cc(C)cc(C)c1. The second kappa shape index (κ2) is 13.3. The molecule has 0 aliphatic rings. The first-order chi connectivity index (χ1) is 15.3. The van der Waals surface area contributed by atoms with Crippen molar-refractivity contribution in [3.8, 4) is 0 Å². The predicted octanol–water partition coefficient (Wildman–Crippen LogP) is 5.30. The van der Waals surface area contributed by atoms with E-state index in [9.17, 15) is 9.59 Å². The second-order valence-corrected chi connectivity index (χ2v) is 9.54. The summed E-state index contributed by atoms with van der Waals surface area (Å²) in [7, 11) is 0. The minimum atomic E-state index is -0.443. The summed E-state index contributed by atoms with van der Waals surface area (Å²) in [6.45, 7) is 10.8. The Balaban J connectivity index is 2.08. The Bertz CT molecular complexity index is 849. The molecule has 0 saturated carbocycles. The standard InChI is InChI=1S/C27H38N2O2S/c1-6-22(5)28-27(31)25(7-2)29(14-13-23-11-9-8-10-12-23)26(30)19-32-18-24-16-20(3)15-21(4)17-24/h8-12,15-17,22,25H,6-7,13-14,18-19H2,1-5H3,(H,28,31)/t22-,25+/m1/s1. The van der Waals surface area contributed by atoms with Crippen molar-refractivity contribution >= 4 is 23.6 Å². The van der Waals surface area contributed by atoms with Gasteiger partial charge in [-0.1, -0.05) is 73.5 Å². The highest BCUT2D eigenvalue weighted by Gasteiger charge is 2.28. The molecular formula is C27H38N2O2S. The molecule has 2 rings (SSSR count). The summed E-state index contributed by atoms with van der Waals surface area (Å²) >= 11 is 1.62. The first kappa shape index (κ1) is 26.0. The van der Waals surface area contributed by atoms with Crippen LogP contribution in [0.5, 0.6) is 0 Å². The minimum Gasteiger partial charge on any atom is -0.352 e. The number of benzene rings is 2. The molecule has 4 nitrogen and oxygen atoms in total. The van der Waals surface area contributed by atoms with E-state index >= 15 is 0 Å². The summed E-state index contributed by atoms with van der Waals surface area (Å²) in [5.41, 5.74) is 4.89. The number of carbonyl (C=O) groups is 2. The van der Waals surface area contributed by atoms with Crippen molar-refractivity contribution in [3.05, 3.63) is 70.8 Å². The first-order valence-electron chi connectivity index (χ1n) is 11.6. The molecule has 2 aromatic rings. The Hall–Kier alpha value is -2.27. The maximum absolute atomic E-state index is 13.3. The fourth-order valence-electron chi connectivity index (χ4n) is 3.83. The van der Waals surface area contributed by atoms with Gasteiger partial charge in [-0.15, -0.1) is 11.8 Å². The molecule has 0 unspecified atom stereocenters. The lowest BCUT2D eigenvalue weighted by Gasteiger charge is -2.31. The van der Waals surface area contributed by atoms with Gasteiger partial charge in [-0.2, -0.15) is 0 Å². The quantitative estimate of drug-likeness (QED) is 0.473. The molecule has 174 valence electrons. The summed E-state index contributed by atoms with van der Waals surface area (Å²) in [5.74, 6) is 1.13. The molecule has 2 aromatic carbocycles. The van der Waals surface area contributed by atoms with Crippen LogP contribution in [-0.4, -0.2) is 41.1 Å². The number of carbonyl (C=O) groups excluding carboxylic acids is 2. The van der Waals surface area contributed by atoms with Crippen LogP contribution in [0.15, 0.2) is 48.5 Å². The van der Waals surface area contributed by atoms with E-state index in [-0.39, 0.29) is 17.9 Å². The molecule has 5 heteroatoms. The third-order valence-electron chi connectivity index (χ3n) is 5.65. The fourth-order valence-corrected chi connectivity index (χ4v) is 4.67. The van der Waals surface area contributed by atoms with Crippen LogP contribution in [0.4, 0.5) is 0 Å². The minimum absolute atomic E-state index is 0.0291. The molecule has 0 aliphatic heterocycles. The number of hydrogen-bond donors (Lipinski definition) is 1. The van der Waals surface area contributed by atoms with Gasteiger partial charge in [0.25, 0.3) is 0 Å². The third-order valence-corrected chi connectivity index (χ3v) is 6.64.